The Hall–Kier alpha value is -3.73. The van der Waals surface area contributed by atoms with E-state index in [2.05, 4.69) is 86.6 Å². The predicted molar refractivity (Wildman–Crippen MR) is 174 cm³/mol. The number of carbonyl (C=O) groups is 3. The number of rotatable bonds is 13. The quantitative estimate of drug-likeness (QED) is 0.157. The third kappa shape index (κ3) is 6.67. The van der Waals surface area contributed by atoms with Crippen molar-refractivity contribution in [1.82, 2.24) is 0 Å². The molecule has 0 aromatic heterocycles. The lowest BCUT2D eigenvalue weighted by atomic mass is 9.56. The second-order valence-corrected chi connectivity index (χ2v) is 14.3. The molecule has 0 bridgehead atoms. The van der Waals surface area contributed by atoms with Crippen LogP contribution in [0.15, 0.2) is 91.0 Å². The van der Waals surface area contributed by atoms with E-state index in [9.17, 15) is 19.5 Å². The van der Waals surface area contributed by atoms with Gasteiger partial charge in [0.15, 0.2) is 0 Å². The molecule has 1 aliphatic rings. The van der Waals surface area contributed by atoms with Crippen molar-refractivity contribution in [2.75, 3.05) is 0 Å². The standard InChI is InChI=1S/C39H48O5/c1-7-28(2)25-32(29-17-11-8-12-18-29)39(30-19-13-9-14-20-30,31-21-15-10-16-22-31)24-23-37(5,33(40)41)27-38(6)26-36(3,4)34(42)44-35(38)43/h8-22,28,32H,7,23-27H2,1-6H3,(H,40,41). The molecule has 0 aliphatic carbocycles. The van der Waals surface area contributed by atoms with Crippen LogP contribution >= 0.6 is 0 Å². The predicted octanol–water partition coefficient (Wildman–Crippen LogP) is 8.96. The van der Waals surface area contributed by atoms with Gasteiger partial charge in [-0.25, -0.2) is 0 Å². The molecule has 0 spiro atoms. The molecule has 1 aliphatic heterocycles. The molecule has 4 rings (SSSR count). The number of hydrogen-bond donors (Lipinski definition) is 1. The van der Waals surface area contributed by atoms with Crippen molar-refractivity contribution >= 4 is 17.9 Å². The molecule has 3 aromatic rings. The number of benzene rings is 3. The van der Waals surface area contributed by atoms with Crippen molar-refractivity contribution in [3.63, 3.8) is 0 Å². The summed E-state index contributed by atoms with van der Waals surface area (Å²) in [6.45, 7) is 11.5. The first kappa shape index (κ1) is 33.2. The number of esters is 2. The average Bonchev–Trinajstić information content (AvgIpc) is 3.01. The number of hydrogen-bond acceptors (Lipinski definition) is 4. The molecule has 0 amide bonds. The van der Waals surface area contributed by atoms with E-state index in [1.165, 1.54) is 5.56 Å². The minimum atomic E-state index is -1.25. The average molecular weight is 597 g/mol. The Morgan fingerprint density at radius 3 is 1.82 bits per heavy atom. The summed E-state index contributed by atoms with van der Waals surface area (Å²) in [6, 6.07) is 31.6. The van der Waals surface area contributed by atoms with Crippen LogP contribution in [0.4, 0.5) is 0 Å². The Bertz CT molecular complexity index is 1390. The minimum Gasteiger partial charge on any atom is -0.481 e. The van der Waals surface area contributed by atoms with Crippen molar-refractivity contribution < 1.29 is 24.2 Å². The van der Waals surface area contributed by atoms with E-state index in [0.717, 1.165) is 24.0 Å². The van der Waals surface area contributed by atoms with E-state index in [1.807, 2.05) is 18.2 Å². The molecule has 44 heavy (non-hydrogen) atoms. The maximum absolute atomic E-state index is 13.2. The van der Waals surface area contributed by atoms with Crippen LogP contribution in [0.25, 0.3) is 0 Å². The van der Waals surface area contributed by atoms with Gasteiger partial charge in [-0.3, -0.25) is 14.4 Å². The van der Waals surface area contributed by atoms with E-state index < -0.39 is 39.6 Å². The topological polar surface area (TPSA) is 80.7 Å². The van der Waals surface area contributed by atoms with Gasteiger partial charge in [0.25, 0.3) is 0 Å². The van der Waals surface area contributed by atoms with E-state index in [0.29, 0.717) is 18.8 Å². The molecule has 0 saturated carbocycles. The molecular formula is C39H48O5. The number of carboxylic acids is 1. The van der Waals surface area contributed by atoms with Crippen LogP contribution in [0, 0.1) is 22.2 Å². The summed E-state index contributed by atoms with van der Waals surface area (Å²) in [5, 5.41) is 10.8. The second kappa shape index (κ2) is 13.1. The molecule has 0 radical (unpaired) electrons. The highest BCUT2D eigenvalue weighted by atomic mass is 16.6. The third-order valence-electron chi connectivity index (χ3n) is 10.1. The van der Waals surface area contributed by atoms with Crippen LogP contribution in [0.3, 0.4) is 0 Å². The summed E-state index contributed by atoms with van der Waals surface area (Å²) in [4.78, 5) is 38.8. The summed E-state index contributed by atoms with van der Waals surface area (Å²) in [5.41, 5.74) is -0.279. The maximum Gasteiger partial charge on any atom is 0.319 e. The zero-order valence-corrected chi connectivity index (χ0v) is 27.1. The highest BCUT2D eigenvalue weighted by Gasteiger charge is 2.55. The van der Waals surface area contributed by atoms with Crippen molar-refractivity contribution in [3.8, 4) is 0 Å². The molecule has 5 nitrogen and oxygen atoms in total. The zero-order chi connectivity index (χ0) is 32.2. The van der Waals surface area contributed by atoms with Crippen molar-refractivity contribution in [2.24, 2.45) is 22.2 Å². The van der Waals surface area contributed by atoms with Crippen molar-refractivity contribution in [2.45, 2.75) is 91.4 Å². The molecule has 1 heterocycles. The fraction of sp³-hybridized carbons (Fsp3) is 0.462. The number of cyclic esters (lactones) is 2. The van der Waals surface area contributed by atoms with Crippen LogP contribution in [0.1, 0.15) is 103 Å². The molecule has 4 unspecified atom stereocenters. The lowest BCUT2D eigenvalue weighted by Crippen LogP contribution is -2.50. The van der Waals surface area contributed by atoms with Gasteiger partial charge in [0.05, 0.1) is 16.2 Å². The van der Waals surface area contributed by atoms with Gasteiger partial charge in [0, 0.05) is 5.41 Å². The fourth-order valence-corrected chi connectivity index (χ4v) is 7.58. The van der Waals surface area contributed by atoms with E-state index >= 15 is 0 Å². The minimum absolute atomic E-state index is 0.0632. The molecule has 1 N–H and O–H groups in total. The highest BCUT2D eigenvalue weighted by Crippen LogP contribution is 2.54. The van der Waals surface area contributed by atoms with Gasteiger partial charge in [-0.15, -0.1) is 0 Å². The van der Waals surface area contributed by atoms with Gasteiger partial charge in [0.2, 0.25) is 0 Å². The highest BCUT2D eigenvalue weighted by molar-refractivity contribution is 5.94. The molecule has 3 aromatic carbocycles. The van der Waals surface area contributed by atoms with Crippen LogP contribution < -0.4 is 0 Å². The first-order valence-corrected chi connectivity index (χ1v) is 15.9. The lowest BCUT2D eigenvalue weighted by Gasteiger charge is -2.46. The molecule has 5 heteroatoms. The summed E-state index contributed by atoms with van der Waals surface area (Å²) in [7, 11) is 0. The number of carbonyl (C=O) groups excluding carboxylic acids is 2. The summed E-state index contributed by atoms with van der Waals surface area (Å²) < 4.78 is 5.21. The maximum atomic E-state index is 13.2. The number of ether oxygens (including phenoxy) is 1. The monoisotopic (exact) mass is 596 g/mol. The van der Waals surface area contributed by atoms with E-state index in [1.54, 1.807) is 27.7 Å². The van der Waals surface area contributed by atoms with Gasteiger partial charge >= 0.3 is 17.9 Å². The Balaban J connectivity index is 1.88. The summed E-state index contributed by atoms with van der Waals surface area (Å²) >= 11 is 0. The smallest absolute Gasteiger partial charge is 0.319 e. The van der Waals surface area contributed by atoms with Crippen molar-refractivity contribution in [1.29, 1.82) is 0 Å². The second-order valence-electron chi connectivity index (χ2n) is 14.3. The summed E-state index contributed by atoms with van der Waals surface area (Å²) in [6.07, 6.45) is 3.15. The fourth-order valence-electron chi connectivity index (χ4n) is 7.58. The van der Waals surface area contributed by atoms with Gasteiger partial charge < -0.3 is 9.84 Å². The summed E-state index contributed by atoms with van der Waals surface area (Å²) in [5.74, 6) is -1.64. The molecular weight excluding hydrogens is 548 g/mol. The van der Waals surface area contributed by atoms with Crippen LogP contribution in [-0.4, -0.2) is 23.0 Å². The van der Waals surface area contributed by atoms with Gasteiger partial charge in [-0.05, 0) is 88.3 Å². The SMILES string of the molecule is CCC(C)CC(c1ccccc1)C(CCC(C)(CC1(C)CC(C)(C)C(=O)OC1=O)C(=O)O)(c1ccccc1)c1ccccc1. The zero-order valence-electron chi connectivity index (χ0n) is 27.1. The van der Waals surface area contributed by atoms with Crippen LogP contribution in [-0.2, 0) is 24.5 Å². The third-order valence-corrected chi connectivity index (χ3v) is 10.1. The number of carboxylic acid groups (broad SMARTS) is 1. The van der Waals surface area contributed by atoms with Crippen LogP contribution in [0.5, 0.6) is 0 Å². The Morgan fingerprint density at radius 1 is 0.841 bits per heavy atom. The first-order valence-electron chi connectivity index (χ1n) is 15.9. The van der Waals surface area contributed by atoms with E-state index in [4.69, 9.17) is 4.74 Å². The Morgan fingerprint density at radius 2 is 1.34 bits per heavy atom. The van der Waals surface area contributed by atoms with Gasteiger partial charge in [-0.1, -0.05) is 111 Å². The van der Waals surface area contributed by atoms with Crippen LogP contribution in [0.2, 0.25) is 0 Å². The van der Waals surface area contributed by atoms with Gasteiger partial charge in [0.1, 0.15) is 0 Å². The van der Waals surface area contributed by atoms with Gasteiger partial charge in [-0.2, -0.15) is 0 Å². The molecule has 4 atom stereocenters. The Kier molecular flexibility index (Phi) is 9.87. The van der Waals surface area contributed by atoms with E-state index in [-0.39, 0.29) is 18.8 Å². The normalized spacial score (nSPS) is 21.1. The molecule has 1 fully saturated rings. The number of aliphatic carboxylic acids is 1. The molecule has 234 valence electrons. The largest absolute Gasteiger partial charge is 0.481 e. The first-order chi connectivity index (χ1) is 20.8. The molecule has 1 saturated heterocycles. The Labute approximate surface area is 263 Å². The van der Waals surface area contributed by atoms with Crippen molar-refractivity contribution in [3.05, 3.63) is 108 Å². The lowest BCUT2D eigenvalue weighted by molar-refractivity contribution is -0.186.